The average Bonchev–Trinajstić information content (AvgIpc) is 2.38. The van der Waals surface area contributed by atoms with Crippen LogP contribution in [-0.4, -0.2) is 23.3 Å². The molecule has 3 N–H and O–H groups in total. The van der Waals surface area contributed by atoms with E-state index in [9.17, 15) is 0 Å². The molecule has 1 heterocycles. The predicted octanol–water partition coefficient (Wildman–Crippen LogP) is 2.53. The molecule has 0 saturated heterocycles. The van der Waals surface area contributed by atoms with E-state index in [4.69, 9.17) is 10.5 Å². The van der Waals surface area contributed by atoms with Crippen LogP contribution in [0.25, 0.3) is 0 Å². The zero-order chi connectivity index (χ0) is 13.0. The van der Waals surface area contributed by atoms with Gasteiger partial charge in [0.15, 0.2) is 5.16 Å². The lowest BCUT2D eigenvalue weighted by Gasteiger charge is -2.10. The van der Waals surface area contributed by atoms with Crippen molar-refractivity contribution in [1.29, 1.82) is 0 Å². The van der Waals surface area contributed by atoms with Gasteiger partial charge in [-0.15, -0.1) is 0 Å². The Hall–Kier alpha value is -1.95. The summed E-state index contributed by atoms with van der Waals surface area (Å²) >= 11 is 1.44. The molecule has 1 aromatic carbocycles. The molecule has 94 valence electrons. The Morgan fingerprint density at radius 3 is 2.78 bits per heavy atom. The third-order valence-electron chi connectivity index (χ3n) is 2.28. The van der Waals surface area contributed by atoms with Gasteiger partial charge in [-0.2, -0.15) is 0 Å². The fourth-order valence-electron chi connectivity index (χ4n) is 1.48. The van der Waals surface area contributed by atoms with E-state index in [-0.39, 0.29) is 0 Å². The zero-order valence-electron chi connectivity index (χ0n) is 10.2. The third-order valence-corrected chi connectivity index (χ3v) is 2.83. The predicted molar refractivity (Wildman–Crippen MR) is 74.5 cm³/mol. The number of methoxy groups -OCH3 is 1. The van der Waals surface area contributed by atoms with Crippen molar-refractivity contribution < 1.29 is 4.74 Å². The molecule has 2 aromatic rings. The highest BCUT2D eigenvalue weighted by molar-refractivity contribution is 7.98. The van der Waals surface area contributed by atoms with Gasteiger partial charge >= 0.3 is 0 Å². The summed E-state index contributed by atoms with van der Waals surface area (Å²) in [5.74, 6) is 1.84. The van der Waals surface area contributed by atoms with Crippen LogP contribution in [0.5, 0.6) is 5.75 Å². The standard InChI is InChI=1S/C12H14N4OS/c1-17-9-6-4-3-5-8(9)14-11-7-10(13)15-12(16-11)18-2/h3-7H,1-2H3,(H3,13,14,15,16). The van der Waals surface area contributed by atoms with Crippen LogP contribution in [0, 0.1) is 0 Å². The number of ether oxygens (including phenoxy) is 1. The van der Waals surface area contributed by atoms with E-state index in [0.29, 0.717) is 16.8 Å². The van der Waals surface area contributed by atoms with Crippen LogP contribution >= 0.6 is 11.8 Å². The summed E-state index contributed by atoms with van der Waals surface area (Å²) in [4.78, 5) is 8.42. The molecule has 0 aliphatic rings. The Bertz CT molecular complexity index is 547. The van der Waals surface area contributed by atoms with Crippen LogP contribution in [0.3, 0.4) is 0 Å². The second-order valence-corrected chi connectivity index (χ2v) is 4.26. The van der Waals surface area contributed by atoms with Crippen molar-refractivity contribution in [3.8, 4) is 5.75 Å². The maximum absolute atomic E-state index is 5.72. The van der Waals surface area contributed by atoms with Crippen molar-refractivity contribution in [2.24, 2.45) is 0 Å². The molecule has 0 spiro atoms. The van der Waals surface area contributed by atoms with Crippen molar-refractivity contribution in [2.45, 2.75) is 5.16 Å². The molecule has 0 bridgehead atoms. The molecule has 0 saturated carbocycles. The molecule has 6 heteroatoms. The topological polar surface area (TPSA) is 73.1 Å². The van der Waals surface area contributed by atoms with Crippen molar-refractivity contribution in [3.05, 3.63) is 30.3 Å². The molecule has 18 heavy (non-hydrogen) atoms. The molecular weight excluding hydrogens is 248 g/mol. The first-order valence-corrected chi connectivity index (χ1v) is 6.54. The summed E-state index contributed by atoms with van der Waals surface area (Å²) in [6, 6.07) is 9.31. The van der Waals surface area contributed by atoms with Crippen molar-refractivity contribution in [3.63, 3.8) is 0 Å². The fourth-order valence-corrected chi connectivity index (χ4v) is 1.87. The number of hydrogen-bond donors (Lipinski definition) is 2. The molecule has 0 aliphatic carbocycles. The highest BCUT2D eigenvalue weighted by atomic mass is 32.2. The Morgan fingerprint density at radius 2 is 2.06 bits per heavy atom. The highest BCUT2D eigenvalue weighted by Crippen LogP contribution is 2.27. The lowest BCUT2D eigenvalue weighted by Crippen LogP contribution is -2.01. The fraction of sp³-hybridized carbons (Fsp3) is 0.167. The third kappa shape index (κ3) is 2.84. The summed E-state index contributed by atoms with van der Waals surface area (Å²) in [6.07, 6.45) is 1.90. The van der Waals surface area contributed by atoms with Gasteiger partial charge in [-0.05, 0) is 18.4 Å². The maximum atomic E-state index is 5.72. The largest absolute Gasteiger partial charge is 0.495 e. The van der Waals surface area contributed by atoms with E-state index in [1.54, 1.807) is 13.2 Å². The average molecular weight is 262 g/mol. The number of aromatic nitrogens is 2. The van der Waals surface area contributed by atoms with Gasteiger partial charge in [0.1, 0.15) is 17.4 Å². The van der Waals surface area contributed by atoms with Gasteiger partial charge < -0.3 is 15.8 Å². The van der Waals surface area contributed by atoms with Gasteiger partial charge in [0, 0.05) is 6.07 Å². The number of nitrogens with one attached hydrogen (secondary N) is 1. The monoisotopic (exact) mass is 262 g/mol. The van der Waals surface area contributed by atoms with Gasteiger partial charge in [-0.25, -0.2) is 9.97 Å². The molecule has 0 atom stereocenters. The van der Waals surface area contributed by atoms with Crippen LogP contribution in [0.1, 0.15) is 0 Å². The van der Waals surface area contributed by atoms with Crippen molar-refractivity contribution in [1.82, 2.24) is 9.97 Å². The van der Waals surface area contributed by atoms with Gasteiger partial charge in [0.05, 0.1) is 12.8 Å². The Balaban J connectivity index is 2.30. The summed E-state index contributed by atoms with van der Waals surface area (Å²) in [5, 5.41) is 3.80. The van der Waals surface area contributed by atoms with Crippen LogP contribution in [-0.2, 0) is 0 Å². The smallest absolute Gasteiger partial charge is 0.191 e. The lowest BCUT2D eigenvalue weighted by atomic mass is 10.3. The minimum absolute atomic E-state index is 0.437. The quantitative estimate of drug-likeness (QED) is 0.651. The molecule has 1 aromatic heterocycles. The molecule has 0 aliphatic heterocycles. The second-order valence-electron chi connectivity index (χ2n) is 3.49. The van der Waals surface area contributed by atoms with Crippen molar-refractivity contribution >= 4 is 29.1 Å². The summed E-state index contributed by atoms with van der Waals surface area (Å²) in [5.41, 5.74) is 6.56. The molecule has 0 radical (unpaired) electrons. The molecule has 5 nitrogen and oxygen atoms in total. The van der Waals surface area contributed by atoms with E-state index < -0.39 is 0 Å². The highest BCUT2D eigenvalue weighted by Gasteiger charge is 2.05. The van der Waals surface area contributed by atoms with Gasteiger partial charge in [0.25, 0.3) is 0 Å². The number of nitrogens with zero attached hydrogens (tertiary/aromatic N) is 2. The number of rotatable bonds is 4. The zero-order valence-corrected chi connectivity index (χ0v) is 11.0. The van der Waals surface area contributed by atoms with Crippen LogP contribution in [0.2, 0.25) is 0 Å². The van der Waals surface area contributed by atoms with E-state index >= 15 is 0 Å². The summed E-state index contributed by atoms with van der Waals surface area (Å²) in [7, 11) is 1.63. The number of anilines is 3. The lowest BCUT2D eigenvalue weighted by molar-refractivity contribution is 0.417. The normalized spacial score (nSPS) is 10.1. The van der Waals surface area contributed by atoms with E-state index in [2.05, 4.69) is 15.3 Å². The Morgan fingerprint density at radius 1 is 1.28 bits per heavy atom. The first kappa shape index (κ1) is 12.5. The summed E-state index contributed by atoms with van der Waals surface area (Å²) in [6.45, 7) is 0. The molecule has 2 rings (SSSR count). The second kappa shape index (κ2) is 5.59. The Labute approximate surface area is 110 Å². The van der Waals surface area contributed by atoms with Gasteiger partial charge in [0.2, 0.25) is 0 Å². The van der Waals surface area contributed by atoms with Crippen LogP contribution in [0.15, 0.2) is 35.5 Å². The number of hydrogen-bond acceptors (Lipinski definition) is 6. The molecule has 0 unspecified atom stereocenters. The number of para-hydroxylation sites is 2. The van der Waals surface area contributed by atoms with E-state index in [0.717, 1.165) is 11.4 Å². The number of nitrogens with two attached hydrogens (primary N) is 1. The number of benzene rings is 1. The van der Waals surface area contributed by atoms with E-state index in [1.807, 2.05) is 30.5 Å². The van der Waals surface area contributed by atoms with Gasteiger partial charge in [-0.3, -0.25) is 0 Å². The number of thioether (sulfide) groups is 1. The molecule has 0 fully saturated rings. The molecular formula is C12H14N4OS. The Kier molecular flexibility index (Phi) is 3.88. The first-order chi connectivity index (χ1) is 8.72. The maximum Gasteiger partial charge on any atom is 0.191 e. The van der Waals surface area contributed by atoms with Crippen molar-refractivity contribution in [2.75, 3.05) is 24.4 Å². The van der Waals surface area contributed by atoms with Gasteiger partial charge in [-0.1, -0.05) is 23.9 Å². The SMILES string of the molecule is COc1ccccc1Nc1cc(N)nc(SC)n1. The minimum atomic E-state index is 0.437. The minimum Gasteiger partial charge on any atom is -0.495 e. The molecule has 0 amide bonds. The first-order valence-electron chi connectivity index (χ1n) is 5.31. The van der Waals surface area contributed by atoms with Crippen LogP contribution < -0.4 is 15.8 Å². The van der Waals surface area contributed by atoms with Crippen LogP contribution in [0.4, 0.5) is 17.3 Å². The van der Waals surface area contributed by atoms with E-state index in [1.165, 1.54) is 11.8 Å². The summed E-state index contributed by atoms with van der Waals surface area (Å²) < 4.78 is 5.26. The number of nitrogen functional groups attached to an aromatic ring is 1.